The van der Waals surface area contributed by atoms with E-state index in [1.54, 1.807) is 0 Å². The van der Waals surface area contributed by atoms with Crippen LogP contribution in [0.5, 0.6) is 0 Å². The fourth-order valence-corrected chi connectivity index (χ4v) is 1.72. The van der Waals surface area contributed by atoms with E-state index in [0.29, 0.717) is 25.6 Å². The molecule has 0 aliphatic carbocycles. The zero-order valence-electron chi connectivity index (χ0n) is 11.2. The topological polar surface area (TPSA) is 67.8 Å². The molecule has 17 heavy (non-hydrogen) atoms. The minimum Gasteiger partial charge on any atom is -0.394 e. The van der Waals surface area contributed by atoms with E-state index in [1.807, 2.05) is 6.92 Å². The number of hydrogen-bond donors (Lipinski definition) is 1. The largest absolute Gasteiger partial charge is 0.394 e. The second kappa shape index (κ2) is 8.47. The lowest BCUT2D eigenvalue weighted by atomic mass is 10.1. The van der Waals surface area contributed by atoms with Gasteiger partial charge < -0.3 is 10.2 Å². The first-order chi connectivity index (χ1) is 7.87. The highest BCUT2D eigenvalue weighted by Gasteiger charge is 2.03. The molecular formula is C11H24N2O3S. The van der Waals surface area contributed by atoms with Crippen molar-refractivity contribution in [2.75, 3.05) is 31.7 Å². The molecule has 0 unspecified atom stereocenters. The Morgan fingerprint density at radius 2 is 2.00 bits per heavy atom. The molecule has 0 fully saturated rings. The van der Waals surface area contributed by atoms with Gasteiger partial charge in [0.15, 0.2) is 0 Å². The third kappa shape index (κ3) is 10.3. The molecule has 0 aromatic heterocycles. The minimum absolute atomic E-state index is 0.155. The van der Waals surface area contributed by atoms with Crippen LogP contribution in [0.25, 0.3) is 0 Å². The summed E-state index contributed by atoms with van der Waals surface area (Å²) in [5.74, 6) is 0.556. The van der Waals surface area contributed by atoms with E-state index in [4.69, 9.17) is 4.84 Å². The molecule has 0 radical (unpaired) electrons. The standard InChI is InChI=1S/C11H24N2O3S/c1-5-11(10(2)3)13-16-8-6-12-7-9-17(4,14)15/h10,12H,5-9H2,1-4H3/b13-11+. The molecule has 0 aliphatic rings. The van der Waals surface area contributed by atoms with Crippen molar-refractivity contribution in [2.45, 2.75) is 27.2 Å². The Morgan fingerprint density at radius 1 is 1.35 bits per heavy atom. The third-order valence-electron chi connectivity index (χ3n) is 2.23. The first kappa shape index (κ1) is 16.4. The summed E-state index contributed by atoms with van der Waals surface area (Å²) in [6.07, 6.45) is 2.12. The summed E-state index contributed by atoms with van der Waals surface area (Å²) in [5.41, 5.74) is 1.04. The van der Waals surface area contributed by atoms with Crippen LogP contribution in [0.1, 0.15) is 27.2 Å². The van der Waals surface area contributed by atoms with Crippen LogP contribution in [-0.4, -0.2) is 45.8 Å². The predicted octanol–water partition coefficient (Wildman–Crippen LogP) is 1.06. The molecule has 0 amide bonds. The highest BCUT2D eigenvalue weighted by atomic mass is 32.2. The number of nitrogens with zero attached hydrogens (tertiary/aromatic N) is 1. The molecule has 0 spiro atoms. The Hall–Kier alpha value is -0.620. The normalized spacial score (nSPS) is 13.1. The summed E-state index contributed by atoms with van der Waals surface area (Å²) in [6, 6.07) is 0. The van der Waals surface area contributed by atoms with E-state index in [-0.39, 0.29) is 5.75 Å². The Morgan fingerprint density at radius 3 is 2.47 bits per heavy atom. The van der Waals surface area contributed by atoms with Crippen molar-refractivity contribution in [1.29, 1.82) is 0 Å². The van der Waals surface area contributed by atoms with Crippen LogP contribution < -0.4 is 5.32 Å². The Bertz CT molecular complexity index is 324. The van der Waals surface area contributed by atoms with Crippen molar-refractivity contribution in [3.63, 3.8) is 0 Å². The van der Waals surface area contributed by atoms with Crippen LogP contribution in [-0.2, 0) is 14.7 Å². The van der Waals surface area contributed by atoms with Crippen LogP contribution >= 0.6 is 0 Å². The Balaban J connectivity index is 3.59. The maximum atomic E-state index is 10.8. The van der Waals surface area contributed by atoms with Crippen molar-refractivity contribution in [3.05, 3.63) is 0 Å². The molecule has 0 aromatic rings. The van der Waals surface area contributed by atoms with Crippen LogP contribution in [0.4, 0.5) is 0 Å². The van der Waals surface area contributed by atoms with Crippen molar-refractivity contribution in [1.82, 2.24) is 5.32 Å². The van der Waals surface area contributed by atoms with Crippen LogP contribution in [0.3, 0.4) is 0 Å². The van der Waals surface area contributed by atoms with Crippen molar-refractivity contribution in [3.8, 4) is 0 Å². The summed E-state index contributed by atoms with van der Waals surface area (Å²) in [5, 5.41) is 7.04. The molecule has 0 aromatic carbocycles. The number of hydrogen-bond acceptors (Lipinski definition) is 5. The summed E-state index contributed by atoms with van der Waals surface area (Å²) in [6.45, 7) is 7.73. The lowest BCUT2D eigenvalue weighted by molar-refractivity contribution is 0.144. The molecule has 5 nitrogen and oxygen atoms in total. The van der Waals surface area contributed by atoms with Crippen molar-refractivity contribution >= 4 is 15.5 Å². The number of sulfone groups is 1. The fraction of sp³-hybridized carbons (Fsp3) is 0.909. The maximum absolute atomic E-state index is 10.8. The Kier molecular flexibility index (Phi) is 8.16. The molecule has 0 rings (SSSR count). The van der Waals surface area contributed by atoms with Gasteiger partial charge in [-0.2, -0.15) is 0 Å². The maximum Gasteiger partial charge on any atom is 0.148 e. The molecule has 0 saturated heterocycles. The van der Waals surface area contributed by atoms with Gasteiger partial charge in [-0.3, -0.25) is 0 Å². The van der Waals surface area contributed by atoms with E-state index < -0.39 is 9.84 Å². The second-order valence-electron chi connectivity index (χ2n) is 4.30. The average Bonchev–Trinajstić information content (AvgIpc) is 2.20. The second-order valence-corrected chi connectivity index (χ2v) is 6.56. The van der Waals surface area contributed by atoms with Crippen LogP contribution in [0, 0.1) is 5.92 Å². The van der Waals surface area contributed by atoms with Gasteiger partial charge in [0, 0.05) is 19.3 Å². The number of oxime groups is 1. The zero-order valence-corrected chi connectivity index (χ0v) is 12.0. The van der Waals surface area contributed by atoms with Gasteiger partial charge in [0.25, 0.3) is 0 Å². The number of nitrogens with one attached hydrogen (secondary N) is 1. The van der Waals surface area contributed by atoms with Gasteiger partial charge in [-0.15, -0.1) is 0 Å². The van der Waals surface area contributed by atoms with Crippen molar-refractivity contribution in [2.24, 2.45) is 11.1 Å². The van der Waals surface area contributed by atoms with Crippen LogP contribution in [0.2, 0.25) is 0 Å². The minimum atomic E-state index is -2.88. The smallest absolute Gasteiger partial charge is 0.148 e. The molecular weight excluding hydrogens is 240 g/mol. The molecule has 0 bridgehead atoms. The molecule has 0 aliphatic heterocycles. The lowest BCUT2D eigenvalue weighted by Gasteiger charge is -2.07. The summed E-state index contributed by atoms with van der Waals surface area (Å²) in [7, 11) is -2.88. The van der Waals surface area contributed by atoms with Gasteiger partial charge >= 0.3 is 0 Å². The van der Waals surface area contributed by atoms with E-state index in [0.717, 1.165) is 12.1 Å². The lowest BCUT2D eigenvalue weighted by Crippen LogP contribution is -2.25. The highest BCUT2D eigenvalue weighted by molar-refractivity contribution is 7.90. The van der Waals surface area contributed by atoms with Crippen LogP contribution in [0.15, 0.2) is 5.16 Å². The zero-order chi connectivity index (χ0) is 13.3. The van der Waals surface area contributed by atoms with E-state index >= 15 is 0 Å². The van der Waals surface area contributed by atoms with Gasteiger partial charge in [0.1, 0.15) is 16.4 Å². The third-order valence-corrected chi connectivity index (χ3v) is 3.18. The predicted molar refractivity (Wildman–Crippen MR) is 71.1 cm³/mol. The van der Waals surface area contributed by atoms with E-state index in [2.05, 4.69) is 24.3 Å². The van der Waals surface area contributed by atoms with Gasteiger partial charge in [-0.25, -0.2) is 8.42 Å². The summed E-state index contributed by atoms with van der Waals surface area (Å²) >= 11 is 0. The van der Waals surface area contributed by atoms with Gasteiger partial charge in [0.2, 0.25) is 0 Å². The van der Waals surface area contributed by atoms with E-state index in [9.17, 15) is 8.42 Å². The summed E-state index contributed by atoms with van der Waals surface area (Å²) in [4.78, 5) is 5.16. The Labute approximate surface area is 105 Å². The van der Waals surface area contributed by atoms with Gasteiger partial charge in [0.05, 0.1) is 11.5 Å². The summed E-state index contributed by atoms with van der Waals surface area (Å²) < 4.78 is 21.7. The van der Waals surface area contributed by atoms with Gasteiger partial charge in [-0.1, -0.05) is 25.9 Å². The first-order valence-electron chi connectivity index (χ1n) is 5.94. The molecule has 0 heterocycles. The van der Waals surface area contributed by atoms with Gasteiger partial charge in [-0.05, 0) is 12.3 Å². The molecule has 6 heteroatoms. The quantitative estimate of drug-likeness (QED) is 0.384. The monoisotopic (exact) mass is 264 g/mol. The molecule has 0 atom stereocenters. The molecule has 1 N–H and O–H groups in total. The van der Waals surface area contributed by atoms with E-state index in [1.165, 1.54) is 6.26 Å². The fourth-order valence-electron chi connectivity index (χ4n) is 1.21. The average molecular weight is 264 g/mol. The SMILES string of the molecule is CC/C(=N\OCCNCCS(C)(=O)=O)C(C)C. The highest BCUT2D eigenvalue weighted by Crippen LogP contribution is 2.01. The molecule has 0 saturated carbocycles. The first-order valence-corrected chi connectivity index (χ1v) is 8.00. The van der Waals surface area contributed by atoms with Crippen molar-refractivity contribution < 1.29 is 13.3 Å². The number of rotatable bonds is 9. The molecule has 102 valence electrons.